The molecule has 0 aliphatic heterocycles. The topological polar surface area (TPSA) is 90.9 Å². The summed E-state index contributed by atoms with van der Waals surface area (Å²) in [6.45, 7) is 3.61. The summed E-state index contributed by atoms with van der Waals surface area (Å²) in [5.74, 6) is -0.376. The first-order chi connectivity index (χ1) is 8.08. The summed E-state index contributed by atoms with van der Waals surface area (Å²) < 4.78 is 0. The molecule has 0 fully saturated rings. The van der Waals surface area contributed by atoms with Gasteiger partial charge in [-0.15, -0.1) is 0 Å². The quantitative estimate of drug-likeness (QED) is 0.729. The Morgan fingerprint density at radius 1 is 1.41 bits per heavy atom. The zero-order chi connectivity index (χ0) is 12.4. The highest BCUT2D eigenvalue weighted by Gasteiger charge is 2.12. The molecule has 6 heteroatoms. The maximum absolute atomic E-state index is 11.9. The van der Waals surface area contributed by atoms with Gasteiger partial charge in [0.05, 0.1) is 28.8 Å². The zero-order valence-corrected chi connectivity index (χ0v) is 9.48. The van der Waals surface area contributed by atoms with Gasteiger partial charge < -0.3 is 10.4 Å². The van der Waals surface area contributed by atoms with Crippen molar-refractivity contribution < 1.29 is 9.90 Å². The highest BCUT2D eigenvalue weighted by atomic mass is 16.3. The van der Waals surface area contributed by atoms with E-state index in [0.29, 0.717) is 16.9 Å². The fourth-order valence-corrected chi connectivity index (χ4v) is 1.47. The molecule has 17 heavy (non-hydrogen) atoms. The number of pyridine rings is 1. The van der Waals surface area contributed by atoms with Gasteiger partial charge in [-0.1, -0.05) is 0 Å². The standard InChI is InChI=1S/C11H12N4O2/c1-6-10(7(2)15-14-6)13-11(17)8-3-9(16)5-12-4-8/h3-5,16H,1-2H3,(H,13,17)(H,14,15). The largest absolute Gasteiger partial charge is 0.506 e. The van der Waals surface area contributed by atoms with Crippen LogP contribution in [0.25, 0.3) is 0 Å². The lowest BCUT2D eigenvalue weighted by atomic mass is 10.2. The third-order valence-electron chi connectivity index (χ3n) is 2.35. The van der Waals surface area contributed by atoms with Gasteiger partial charge in [-0.3, -0.25) is 14.9 Å². The van der Waals surface area contributed by atoms with Crippen molar-refractivity contribution in [3.63, 3.8) is 0 Å². The Balaban J connectivity index is 2.23. The number of amides is 1. The summed E-state index contributed by atoms with van der Waals surface area (Å²) >= 11 is 0. The number of rotatable bonds is 2. The summed E-state index contributed by atoms with van der Waals surface area (Å²) in [5, 5.41) is 18.7. The Bertz CT molecular complexity index is 543. The second kappa shape index (κ2) is 4.25. The van der Waals surface area contributed by atoms with Gasteiger partial charge in [-0.2, -0.15) is 5.10 Å². The van der Waals surface area contributed by atoms with E-state index in [4.69, 9.17) is 0 Å². The minimum absolute atomic E-state index is 0.0433. The fraction of sp³-hybridized carbons (Fsp3) is 0.182. The normalized spacial score (nSPS) is 10.2. The average molecular weight is 232 g/mol. The molecule has 0 unspecified atom stereocenters. The van der Waals surface area contributed by atoms with Crippen molar-refractivity contribution in [3.8, 4) is 5.75 Å². The number of nitrogens with one attached hydrogen (secondary N) is 2. The smallest absolute Gasteiger partial charge is 0.257 e. The van der Waals surface area contributed by atoms with Gasteiger partial charge in [0.2, 0.25) is 0 Å². The SMILES string of the molecule is Cc1n[nH]c(C)c1NC(=O)c1cncc(O)c1. The monoisotopic (exact) mass is 232 g/mol. The number of carbonyl (C=O) groups is 1. The predicted molar refractivity (Wildman–Crippen MR) is 61.9 cm³/mol. The van der Waals surface area contributed by atoms with Crippen LogP contribution >= 0.6 is 0 Å². The van der Waals surface area contributed by atoms with E-state index in [2.05, 4.69) is 20.5 Å². The third kappa shape index (κ3) is 2.25. The number of carbonyl (C=O) groups excluding carboxylic acids is 1. The van der Waals surface area contributed by atoms with Gasteiger partial charge in [0.15, 0.2) is 0 Å². The Hall–Kier alpha value is -2.37. The van der Waals surface area contributed by atoms with Gasteiger partial charge in [0.1, 0.15) is 5.75 Å². The molecular weight excluding hydrogens is 220 g/mol. The molecule has 1 amide bonds. The number of hydrogen-bond donors (Lipinski definition) is 3. The van der Waals surface area contributed by atoms with Crippen LogP contribution in [0.5, 0.6) is 5.75 Å². The summed E-state index contributed by atoms with van der Waals surface area (Å²) in [6.07, 6.45) is 2.66. The molecule has 2 rings (SSSR count). The number of anilines is 1. The van der Waals surface area contributed by atoms with E-state index in [-0.39, 0.29) is 11.7 Å². The molecule has 2 aromatic rings. The van der Waals surface area contributed by atoms with Gasteiger partial charge in [0, 0.05) is 6.20 Å². The van der Waals surface area contributed by atoms with Crippen LogP contribution in [-0.2, 0) is 0 Å². The number of aromatic nitrogens is 3. The maximum atomic E-state index is 11.9. The van der Waals surface area contributed by atoms with E-state index >= 15 is 0 Å². The van der Waals surface area contributed by atoms with E-state index in [1.807, 2.05) is 6.92 Å². The lowest BCUT2D eigenvalue weighted by Crippen LogP contribution is -2.13. The first kappa shape index (κ1) is 11.1. The highest BCUT2D eigenvalue weighted by molar-refractivity contribution is 6.04. The minimum Gasteiger partial charge on any atom is -0.506 e. The molecule has 0 aliphatic carbocycles. The third-order valence-corrected chi connectivity index (χ3v) is 2.35. The molecule has 0 aromatic carbocycles. The summed E-state index contributed by atoms with van der Waals surface area (Å²) in [6, 6.07) is 1.35. The number of aromatic hydroxyl groups is 1. The molecular formula is C11H12N4O2. The fourth-order valence-electron chi connectivity index (χ4n) is 1.47. The molecule has 0 aliphatic rings. The Kier molecular flexibility index (Phi) is 2.78. The first-order valence-electron chi connectivity index (χ1n) is 5.05. The lowest BCUT2D eigenvalue weighted by Gasteiger charge is -2.04. The number of nitrogens with zero attached hydrogens (tertiary/aromatic N) is 2. The molecule has 0 bridgehead atoms. The van der Waals surface area contributed by atoms with Crippen LogP contribution in [0.3, 0.4) is 0 Å². The van der Waals surface area contributed by atoms with Crippen molar-refractivity contribution in [1.29, 1.82) is 0 Å². The molecule has 2 heterocycles. The molecule has 6 nitrogen and oxygen atoms in total. The van der Waals surface area contributed by atoms with E-state index in [0.717, 1.165) is 5.69 Å². The zero-order valence-electron chi connectivity index (χ0n) is 9.48. The Labute approximate surface area is 97.7 Å². The van der Waals surface area contributed by atoms with Crippen molar-refractivity contribution in [1.82, 2.24) is 15.2 Å². The maximum Gasteiger partial charge on any atom is 0.257 e. The van der Waals surface area contributed by atoms with Gasteiger partial charge in [-0.05, 0) is 19.9 Å². The van der Waals surface area contributed by atoms with Crippen LogP contribution in [0.2, 0.25) is 0 Å². The second-order valence-electron chi connectivity index (χ2n) is 3.69. The summed E-state index contributed by atoms with van der Waals surface area (Å²) in [7, 11) is 0. The molecule has 0 saturated carbocycles. The summed E-state index contributed by atoms with van der Waals surface area (Å²) in [5.41, 5.74) is 2.44. The van der Waals surface area contributed by atoms with E-state index < -0.39 is 0 Å². The van der Waals surface area contributed by atoms with Crippen LogP contribution in [-0.4, -0.2) is 26.2 Å². The van der Waals surface area contributed by atoms with Crippen molar-refractivity contribution in [3.05, 3.63) is 35.4 Å². The molecule has 0 saturated heterocycles. The summed E-state index contributed by atoms with van der Waals surface area (Å²) in [4.78, 5) is 15.6. The Morgan fingerprint density at radius 3 is 2.76 bits per heavy atom. The molecule has 0 radical (unpaired) electrons. The van der Waals surface area contributed by atoms with Crippen molar-refractivity contribution in [2.75, 3.05) is 5.32 Å². The average Bonchev–Trinajstić information content (AvgIpc) is 2.61. The molecule has 0 atom stereocenters. The minimum atomic E-state index is -0.332. The number of aryl methyl sites for hydroxylation is 2. The molecule has 0 spiro atoms. The van der Waals surface area contributed by atoms with Crippen LogP contribution in [0, 0.1) is 13.8 Å². The van der Waals surface area contributed by atoms with E-state index in [1.54, 1.807) is 6.92 Å². The highest BCUT2D eigenvalue weighted by Crippen LogP contribution is 2.17. The Morgan fingerprint density at radius 2 is 2.18 bits per heavy atom. The number of aromatic amines is 1. The first-order valence-corrected chi connectivity index (χ1v) is 5.05. The van der Waals surface area contributed by atoms with E-state index in [9.17, 15) is 9.90 Å². The van der Waals surface area contributed by atoms with Crippen LogP contribution in [0.15, 0.2) is 18.5 Å². The van der Waals surface area contributed by atoms with Crippen LogP contribution in [0.1, 0.15) is 21.7 Å². The van der Waals surface area contributed by atoms with E-state index in [1.165, 1.54) is 18.5 Å². The lowest BCUT2D eigenvalue weighted by molar-refractivity contribution is 0.102. The van der Waals surface area contributed by atoms with Gasteiger partial charge in [-0.25, -0.2) is 0 Å². The second-order valence-corrected chi connectivity index (χ2v) is 3.69. The van der Waals surface area contributed by atoms with Crippen molar-refractivity contribution in [2.45, 2.75) is 13.8 Å². The van der Waals surface area contributed by atoms with Gasteiger partial charge >= 0.3 is 0 Å². The van der Waals surface area contributed by atoms with Crippen LogP contribution in [0.4, 0.5) is 5.69 Å². The molecule has 2 aromatic heterocycles. The molecule has 88 valence electrons. The number of H-pyrrole nitrogens is 1. The predicted octanol–water partition coefficient (Wildman–Crippen LogP) is 1.38. The van der Waals surface area contributed by atoms with Gasteiger partial charge in [0.25, 0.3) is 5.91 Å². The van der Waals surface area contributed by atoms with Crippen LogP contribution < -0.4 is 5.32 Å². The molecule has 3 N–H and O–H groups in total. The number of hydrogen-bond acceptors (Lipinski definition) is 4. The van der Waals surface area contributed by atoms with Crippen molar-refractivity contribution in [2.24, 2.45) is 0 Å². The van der Waals surface area contributed by atoms with Crippen molar-refractivity contribution >= 4 is 11.6 Å².